The van der Waals surface area contributed by atoms with Crippen LogP contribution in [0, 0.1) is 6.92 Å². The molecule has 38 heavy (non-hydrogen) atoms. The Balaban J connectivity index is 1.31. The Kier molecular flexibility index (Phi) is 7.47. The Morgan fingerprint density at radius 1 is 0.842 bits per heavy atom. The number of halogens is 1. The first-order valence-electron chi connectivity index (χ1n) is 11.9. The molecule has 0 spiro atoms. The van der Waals surface area contributed by atoms with Gasteiger partial charge in [-0.25, -0.2) is 10.2 Å². The second-order valence-corrected chi connectivity index (χ2v) is 9.43. The molecule has 0 aromatic heterocycles. The second-order valence-electron chi connectivity index (χ2n) is 8.64. The maximum absolute atomic E-state index is 12.8. The zero-order valence-electron chi connectivity index (χ0n) is 20.5. The highest BCUT2D eigenvalue weighted by Gasteiger charge is 2.14. The molecule has 1 amide bonds. The molecule has 5 aromatic rings. The summed E-state index contributed by atoms with van der Waals surface area (Å²) >= 11 is 3.56. The summed E-state index contributed by atoms with van der Waals surface area (Å²) in [6, 6.07) is 30.1. The molecule has 6 nitrogen and oxygen atoms in total. The first-order valence-corrected chi connectivity index (χ1v) is 12.7. The first kappa shape index (κ1) is 25.2. The van der Waals surface area contributed by atoms with Crippen molar-refractivity contribution in [2.45, 2.75) is 6.92 Å². The molecule has 0 aliphatic rings. The van der Waals surface area contributed by atoms with Crippen LogP contribution in [0.15, 0.2) is 107 Å². The molecule has 0 saturated carbocycles. The number of fused-ring (bicyclic) bond motifs is 2. The fraction of sp³-hybridized carbons (Fsp3) is 0.0645. The van der Waals surface area contributed by atoms with Gasteiger partial charge in [0.05, 0.1) is 16.3 Å². The van der Waals surface area contributed by atoms with Gasteiger partial charge in [-0.3, -0.25) is 4.79 Å². The lowest BCUT2D eigenvalue weighted by molar-refractivity contribution is -0.123. The molecule has 0 radical (unpaired) electrons. The summed E-state index contributed by atoms with van der Waals surface area (Å²) in [5.41, 5.74) is 4.47. The fourth-order valence-corrected chi connectivity index (χ4v) is 4.71. The number of nitrogens with one attached hydrogen (secondary N) is 1. The van der Waals surface area contributed by atoms with Crippen LogP contribution in [0.5, 0.6) is 11.5 Å². The van der Waals surface area contributed by atoms with E-state index in [9.17, 15) is 9.59 Å². The van der Waals surface area contributed by atoms with Crippen LogP contribution in [0.3, 0.4) is 0 Å². The molecule has 0 atom stereocenters. The zero-order valence-corrected chi connectivity index (χ0v) is 22.1. The molecule has 5 aromatic carbocycles. The number of rotatable bonds is 7. The van der Waals surface area contributed by atoms with Crippen LogP contribution in [-0.4, -0.2) is 24.7 Å². The SMILES string of the molecule is Cc1cccc(C(=O)Oc2ccc3ccccc3c2/C=N\NC(=O)COc2ccc3ccccc3c2Br)c1. The van der Waals surface area contributed by atoms with E-state index in [1.807, 2.05) is 85.8 Å². The first-order chi connectivity index (χ1) is 18.5. The van der Waals surface area contributed by atoms with Crippen LogP contribution in [0.25, 0.3) is 21.5 Å². The Morgan fingerprint density at radius 2 is 1.53 bits per heavy atom. The van der Waals surface area contributed by atoms with Crippen molar-refractivity contribution in [2.24, 2.45) is 5.10 Å². The fourth-order valence-electron chi connectivity index (χ4n) is 4.10. The van der Waals surface area contributed by atoms with Crippen molar-refractivity contribution >= 4 is 55.6 Å². The van der Waals surface area contributed by atoms with Gasteiger partial charge in [-0.2, -0.15) is 5.10 Å². The topological polar surface area (TPSA) is 77.0 Å². The van der Waals surface area contributed by atoms with Crippen LogP contribution in [-0.2, 0) is 4.79 Å². The predicted octanol–water partition coefficient (Wildman–Crippen LogP) is 6.81. The van der Waals surface area contributed by atoms with Crippen molar-refractivity contribution in [2.75, 3.05) is 6.61 Å². The van der Waals surface area contributed by atoms with E-state index >= 15 is 0 Å². The van der Waals surface area contributed by atoms with Gasteiger partial charge in [-0.05, 0) is 68.7 Å². The van der Waals surface area contributed by atoms with Crippen LogP contribution in [0.1, 0.15) is 21.5 Å². The number of ether oxygens (including phenoxy) is 2. The van der Waals surface area contributed by atoms with Gasteiger partial charge in [0.1, 0.15) is 11.5 Å². The third-order valence-corrected chi connectivity index (χ3v) is 6.77. The summed E-state index contributed by atoms with van der Waals surface area (Å²) in [6.45, 7) is 1.69. The highest BCUT2D eigenvalue weighted by molar-refractivity contribution is 9.10. The van der Waals surface area contributed by atoms with Crippen molar-refractivity contribution in [1.82, 2.24) is 5.43 Å². The number of carbonyl (C=O) groups is 2. The molecule has 0 aliphatic heterocycles. The van der Waals surface area contributed by atoms with Gasteiger partial charge < -0.3 is 9.47 Å². The normalized spacial score (nSPS) is 11.1. The third-order valence-electron chi connectivity index (χ3n) is 5.96. The van der Waals surface area contributed by atoms with Gasteiger partial charge in [-0.1, -0.05) is 78.4 Å². The van der Waals surface area contributed by atoms with Crippen LogP contribution in [0.2, 0.25) is 0 Å². The number of carbonyl (C=O) groups excluding carboxylic acids is 2. The van der Waals surface area contributed by atoms with Crippen LogP contribution < -0.4 is 14.9 Å². The summed E-state index contributed by atoms with van der Waals surface area (Å²) < 4.78 is 12.2. The molecule has 0 saturated heterocycles. The van der Waals surface area contributed by atoms with Gasteiger partial charge >= 0.3 is 5.97 Å². The van der Waals surface area contributed by atoms with E-state index in [-0.39, 0.29) is 6.61 Å². The number of aryl methyl sites for hydroxylation is 1. The molecule has 5 rings (SSSR count). The quantitative estimate of drug-likeness (QED) is 0.101. The van der Waals surface area contributed by atoms with Crippen molar-refractivity contribution in [1.29, 1.82) is 0 Å². The molecular weight excluding hydrogens is 544 g/mol. The van der Waals surface area contributed by atoms with Gasteiger partial charge in [0.25, 0.3) is 5.91 Å². The summed E-state index contributed by atoms with van der Waals surface area (Å²) in [6.07, 6.45) is 1.48. The van der Waals surface area contributed by atoms with Gasteiger partial charge in [0, 0.05) is 5.56 Å². The van der Waals surface area contributed by atoms with Crippen molar-refractivity contribution < 1.29 is 19.1 Å². The second kappa shape index (κ2) is 11.3. The summed E-state index contributed by atoms with van der Waals surface area (Å²) in [4.78, 5) is 25.3. The largest absolute Gasteiger partial charge is 0.483 e. The Morgan fingerprint density at radius 3 is 2.29 bits per heavy atom. The molecule has 0 aliphatic carbocycles. The lowest BCUT2D eigenvalue weighted by Crippen LogP contribution is -2.24. The van der Waals surface area contributed by atoms with Crippen molar-refractivity contribution in [3.63, 3.8) is 0 Å². The highest BCUT2D eigenvalue weighted by Crippen LogP contribution is 2.33. The Bertz CT molecular complexity index is 1700. The smallest absolute Gasteiger partial charge is 0.343 e. The minimum Gasteiger partial charge on any atom is -0.483 e. The van der Waals surface area contributed by atoms with Crippen molar-refractivity contribution in [3.8, 4) is 11.5 Å². The van der Waals surface area contributed by atoms with Gasteiger partial charge in [0.15, 0.2) is 6.61 Å². The lowest BCUT2D eigenvalue weighted by Gasteiger charge is -2.11. The summed E-state index contributed by atoms with van der Waals surface area (Å²) in [7, 11) is 0. The molecular formula is C31H23BrN2O4. The van der Waals surface area contributed by atoms with E-state index in [1.54, 1.807) is 18.2 Å². The number of hydrogen-bond donors (Lipinski definition) is 1. The number of amides is 1. The molecule has 0 unspecified atom stereocenters. The highest BCUT2D eigenvalue weighted by atomic mass is 79.9. The average molecular weight is 567 g/mol. The predicted molar refractivity (Wildman–Crippen MR) is 153 cm³/mol. The average Bonchev–Trinajstić information content (AvgIpc) is 2.93. The molecule has 0 heterocycles. The van der Waals surface area contributed by atoms with Crippen LogP contribution in [0.4, 0.5) is 0 Å². The Labute approximate surface area is 228 Å². The number of benzene rings is 5. The van der Waals surface area contributed by atoms with E-state index in [0.29, 0.717) is 22.6 Å². The van der Waals surface area contributed by atoms with E-state index in [1.165, 1.54) is 6.21 Å². The summed E-state index contributed by atoms with van der Waals surface area (Å²) in [5, 5.41) is 7.96. The van der Waals surface area contributed by atoms with Crippen LogP contribution >= 0.6 is 15.9 Å². The molecule has 188 valence electrons. The molecule has 1 N–H and O–H groups in total. The maximum atomic E-state index is 12.8. The number of hydrazone groups is 1. The molecule has 0 bridgehead atoms. The number of hydrogen-bond acceptors (Lipinski definition) is 5. The van der Waals surface area contributed by atoms with Gasteiger partial charge in [-0.15, -0.1) is 0 Å². The minimum atomic E-state index is -0.475. The minimum absolute atomic E-state index is 0.223. The van der Waals surface area contributed by atoms with E-state index in [4.69, 9.17) is 9.47 Å². The third kappa shape index (κ3) is 5.58. The van der Waals surface area contributed by atoms with E-state index in [2.05, 4.69) is 26.5 Å². The Hall–Kier alpha value is -4.49. The van der Waals surface area contributed by atoms with Crippen molar-refractivity contribution in [3.05, 3.63) is 118 Å². The maximum Gasteiger partial charge on any atom is 0.343 e. The van der Waals surface area contributed by atoms with E-state index < -0.39 is 11.9 Å². The summed E-state index contributed by atoms with van der Waals surface area (Å²) in [5.74, 6) is -0.0105. The van der Waals surface area contributed by atoms with E-state index in [0.717, 1.165) is 31.6 Å². The monoisotopic (exact) mass is 566 g/mol. The van der Waals surface area contributed by atoms with Gasteiger partial charge in [0.2, 0.25) is 0 Å². The lowest BCUT2D eigenvalue weighted by atomic mass is 10.0. The standard InChI is InChI=1S/C31H23BrN2O4/c1-20-7-6-10-23(17-20)31(36)38-27-15-13-21-8-2-4-11-24(21)26(27)18-33-34-29(35)19-37-28-16-14-22-9-3-5-12-25(22)30(28)32/h2-18H,19H2,1H3,(H,34,35)/b33-18-. The molecule has 0 fully saturated rings. The zero-order chi connectivity index (χ0) is 26.5. The number of esters is 1. The number of nitrogens with zero attached hydrogens (tertiary/aromatic N) is 1. The molecule has 7 heteroatoms.